The summed E-state index contributed by atoms with van der Waals surface area (Å²) in [6, 6.07) is 45.2. The number of phenolic OH excluding ortho intramolecular Hbond substituents is 1. The van der Waals surface area contributed by atoms with Crippen LogP contribution >= 0.6 is 0 Å². The van der Waals surface area contributed by atoms with Crippen molar-refractivity contribution in [3.05, 3.63) is 169 Å². The van der Waals surface area contributed by atoms with E-state index in [2.05, 4.69) is 99.6 Å². The molecule has 12 heteroatoms. The topological polar surface area (TPSA) is 95.4 Å². The van der Waals surface area contributed by atoms with E-state index >= 15 is 4.39 Å². The Hall–Kier alpha value is -7.20. The number of furan rings is 1. The van der Waals surface area contributed by atoms with Crippen LogP contribution in [0.25, 0.3) is 94.8 Å². The molecule has 72 heavy (non-hydrogen) atoms. The molecule has 0 radical (unpaired) electrons. The molecule has 6 aromatic carbocycles. The van der Waals surface area contributed by atoms with Crippen molar-refractivity contribution in [3.8, 4) is 79.2 Å². The molecule has 0 unspecified atom stereocenters. The zero-order chi connectivity index (χ0) is 49.7. The number of ether oxygens (including phenoxy) is 2. The standard InChI is InChI=1S/C60H51F2N4O4Si.Pt/c1-59(2,3)42-24-16-17-25-45(42)66-46-26-18-23-40(37-29-38(31-39(30-37)71(7,8)9)44-32-36(27-28-63-44)34-19-12-10-13-20-34)50(46)64-57(66)48-51(67)43(60(4,5)6)33-41-47-49(35-21-14-11-15-22-35)65-58-54(53(47)68-52(41)48)69-55(61)56(62)70-58;/h10-28,30-33,67H,1-9H3;/q-1;. The molecule has 4 aromatic heterocycles. The number of para-hydroxylation sites is 2. The van der Waals surface area contributed by atoms with E-state index in [1.54, 1.807) is 0 Å². The molecule has 0 aliphatic carbocycles. The second kappa shape index (κ2) is 17.8. The van der Waals surface area contributed by atoms with E-state index < -0.39 is 25.5 Å². The molecule has 0 spiro atoms. The Morgan fingerprint density at radius 2 is 1.31 bits per heavy atom. The minimum absolute atomic E-state index is 0. The summed E-state index contributed by atoms with van der Waals surface area (Å²) < 4.78 is 49.7. The monoisotopic (exact) mass is 1150 g/mol. The molecule has 0 saturated carbocycles. The van der Waals surface area contributed by atoms with Crippen molar-refractivity contribution < 1.29 is 48.8 Å². The molecular weight excluding hydrogens is 1100 g/mol. The van der Waals surface area contributed by atoms with Gasteiger partial charge in [-0.1, -0.05) is 169 Å². The summed E-state index contributed by atoms with van der Waals surface area (Å²) in [5.74, 6) is -0.186. The predicted molar refractivity (Wildman–Crippen MR) is 282 cm³/mol. The van der Waals surface area contributed by atoms with Crippen LogP contribution in [0.1, 0.15) is 52.7 Å². The molecule has 0 amide bonds. The van der Waals surface area contributed by atoms with Gasteiger partial charge in [0.1, 0.15) is 16.9 Å². The molecule has 1 aliphatic rings. The summed E-state index contributed by atoms with van der Waals surface area (Å²) in [5, 5.41) is 15.2. The summed E-state index contributed by atoms with van der Waals surface area (Å²) in [6.45, 7) is 19.6. The molecule has 5 heterocycles. The van der Waals surface area contributed by atoms with Crippen LogP contribution in [0.3, 0.4) is 0 Å². The second-order valence-corrected chi connectivity index (χ2v) is 26.3. The van der Waals surface area contributed by atoms with Crippen molar-refractivity contribution in [2.45, 2.75) is 72.0 Å². The number of fused-ring (bicyclic) bond motifs is 6. The van der Waals surface area contributed by atoms with Gasteiger partial charge in [0.2, 0.25) is 5.75 Å². The van der Waals surface area contributed by atoms with Gasteiger partial charge in [-0.15, -0.1) is 28.9 Å². The van der Waals surface area contributed by atoms with Crippen molar-refractivity contribution in [2.24, 2.45) is 0 Å². The Labute approximate surface area is 432 Å². The molecular formula is C60H51F2N4O4PtSi-. The summed E-state index contributed by atoms with van der Waals surface area (Å²) in [4.78, 5) is 15.3. The van der Waals surface area contributed by atoms with Crippen LogP contribution in [0, 0.1) is 6.07 Å². The van der Waals surface area contributed by atoms with E-state index in [1.165, 1.54) is 5.19 Å². The molecule has 0 atom stereocenters. The van der Waals surface area contributed by atoms with Gasteiger partial charge in [-0.25, -0.2) is 9.97 Å². The van der Waals surface area contributed by atoms with E-state index in [4.69, 9.17) is 28.8 Å². The maximum atomic E-state index is 15.1. The first kappa shape index (κ1) is 48.4. The third-order valence-corrected chi connectivity index (χ3v) is 15.2. The van der Waals surface area contributed by atoms with Crippen molar-refractivity contribution in [2.75, 3.05) is 0 Å². The zero-order valence-electron chi connectivity index (χ0n) is 41.3. The van der Waals surface area contributed by atoms with Crippen LogP contribution in [0.15, 0.2) is 156 Å². The number of nitrogens with zero attached hydrogens (tertiary/aromatic N) is 4. The van der Waals surface area contributed by atoms with E-state index in [1.807, 2.05) is 112 Å². The molecule has 10 aromatic rings. The molecule has 8 nitrogen and oxygen atoms in total. The van der Waals surface area contributed by atoms with Crippen molar-refractivity contribution in [1.82, 2.24) is 19.5 Å². The zero-order valence-corrected chi connectivity index (χ0v) is 44.6. The Balaban J connectivity index is 0.00000596. The molecule has 0 saturated heterocycles. The van der Waals surface area contributed by atoms with Gasteiger partial charge in [0, 0.05) is 49.5 Å². The largest absolute Gasteiger partial charge is 0.507 e. The summed E-state index contributed by atoms with van der Waals surface area (Å²) >= 11 is 0. The van der Waals surface area contributed by atoms with Crippen LogP contribution in [0.4, 0.5) is 8.78 Å². The molecule has 0 fully saturated rings. The average Bonchev–Trinajstić information content (AvgIpc) is 3.93. The average molecular weight is 1150 g/mol. The Bertz CT molecular complexity index is 3810. The smallest absolute Gasteiger partial charge is 0.354 e. The number of imidazole rings is 1. The number of aromatic hydroxyl groups is 1. The van der Waals surface area contributed by atoms with E-state index in [-0.39, 0.29) is 55.0 Å². The number of pyridine rings is 2. The minimum atomic E-state index is -1.96. The number of rotatable bonds is 7. The molecule has 364 valence electrons. The summed E-state index contributed by atoms with van der Waals surface area (Å²) in [5.41, 5.74) is 10.2. The van der Waals surface area contributed by atoms with E-state index in [0.29, 0.717) is 44.5 Å². The van der Waals surface area contributed by atoms with Gasteiger partial charge in [0.15, 0.2) is 11.4 Å². The van der Waals surface area contributed by atoms with Crippen molar-refractivity contribution in [3.63, 3.8) is 0 Å². The Morgan fingerprint density at radius 1 is 0.653 bits per heavy atom. The van der Waals surface area contributed by atoms with Gasteiger partial charge in [-0.3, -0.25) is 9.55 Å². The number of phenols is 1. The van der Waals surface area contributed by atoms with Gasteiger partial charge >= 0.3 is 12.0 Å². The third kappa shape index (κ3) is 8.32. The number of hydrogen-bond acceptors (Lipinski definition) is 7. The molecule has 1 N–H and O–H groups in total. The van der Waals surface area contributed by atoms with E-state index in [9.17, 15) is 9.50 Å². The SMILES string of the molecule is CC(C)(C)c1ccccc1-n1c(-c2c(O)c(C(C)(C)C)cc3c2oc2c4c(nc(-c5ccccc5)c23)OC(F)=C(F)O4)nc2c(-c3[c-]c(-c4cc(-c5ccccc5)ccn4)cc([Si](C)(C)C)c3)cccc21.[Pt]. The van der Waals surface area contributed by atoms with Gasteiger partial charge in [0.05, 0.1) is 35.9 Å². The fourth-order valence-corrected chi connectivity index (χ4v) is 10.8. The maximum Gasteiger partial charge on any atom is 0.354 e. The Morgan fingerprint density at radius 3 is 2.00 bits per heavy atom. The van der Waals surface area contributed by atoms with Crippen LogP contribution in [0.5, 0.6) is 17.4 Å². The maximum absolute atomic E-state index is 15.1. The predicted octanol–water partition coefficient (Wildman–Crippen LogP) is 15.5. The number of halogens is 2. The number of hydrogen-bond donors (Lipinski definition) is 1. The Kier molecular flexibility index (Phi) is 12.0. The summed E-state index contributed by atoms with van der Waals surface area (Å²) in [6.07, 6.45) is 1.85. The quantitative estimate of drug-likeness (QED) is 0.125. The van der Waals surface area contributed by atoms with Crippen LogP contribution in [0.2, 0.25) is 19.6 Å². The first-order valence-corrected chi connectivity index (χ1v) is 27.2. The second-order valence-electron chi connectivity index (χ2n) is 21.2. The van der Waals surface area contributed by atoms with Gasteiger partial charge in [-0.2, -0.15) is 8.78 Å². The number of aromatic nitrogens is 4. The van der Waals surface area contributed by atoms with E-state index in [0.717, 1.165) is 50.3 Å². The van der Waals surface area contributed by atoms with Crippen molar-refractivity contribution >= 4 is 46.2 Å². The normalized spacial score (nSPS) is 13.0. The van der Waals surface area contributed by atoms with Gasteiger partial charge in [0.25, 0.3) is 5.88 Å². The minimum Gasteiger partial charge on any atom is -0.507 e. The molecule has 11 rings (SSSR count). The number of benzene rings is 6. The van der Waals surface area contributed by atoms with Crippen LogP contribution in [-0.4, -0.2) is 32.7 Å². The van der Waals surface area contributed by atoms with Crippen molar-refractivity contribution in [1.29, 1.82) is 0 Å². The van der Waals surface area contributed by atoms with Crippen LogP contribution in [-0.2, 0) is 31.9 Å². The molecule has 0 bridgehead atoms. The van der Waals surface area contributed by atoms with Crippen LogP contribution < -0.4 is 14.7 Å². The first-order chi connectivity index (χ1) is 33.8. The summed E-state index contributed by atoms with van der Waals surface area (Å²) in [7, 11) is -1.96. The third-order valence-electron chi connectivity index (χ3n) is 13.2. The molecule has 1 aliphatic heterocycles. The first-order valence-electron chi connectivity index (χ1n) is 23.7. The fourth-order valence-electron chi connectivity index (χ4n) is 9.63. The van der Waals surface area contributed by atoms with Gasteiger partial charge < -0.3 is 19.0 Å². The fraction of sp³-hybridized carbons (Fsp3) is 0.183. The van der Waals surface area contributed by atoms with Gasteiger partial charge in [-0.05, 0) is 51.8 Å².